The van der Waals surface area contributed by atoms with Crippen LogP contribution in [-0.4, -0.2) is 50.2 Å². The maximum atomic E-state index is 12.3. The number of nitrogens with zero attached hydrogens (tertiary/aromatic N) is 4. The summed E-state index contributed by atoms with van der Waals surface area (Å²) in [4.78, 5) is 12.3. The summed E-state index contributed by atoms with van der Waals surface area (Å²) >= 11 is 1.89. The Morgan fingerprint density at radius 3 is 3.12 bits per heavy atom. The quantitative estimate of drug-likeness (QED) is 0.859. The highest BCUT2D eigenvalue weighted by Gasteiger charge is 2.28. The minimum absolute atomic E-state index is 0.0361. The molecule has 2 heterocycles. The van der Waals surface area contributed by atoms with Gasteiger partial charge in [-0.05, 0) is 35.4 Å². The molecule has 4 rings (SSSR count). The third-order valence-corrected chi connectivity index (χ3v) is 5.35. The summed E-state index contributed by atoms with van der Waals surface area (Å²) in [5.41, 5.74) is 1.71. The molecule has 24 heavy (non-hydrogen) atoms. The minimum Gasteiger partial charge on any atom is -0.326 e. The smallest absolute Gasteiger partial charge is 0.225 e. The third kappa shape index (κ3) is 3.59. The molecule has 0 spiro atoms. The van der Waals surface area contributed by atoms with Gasteiger partial charge in [-0.15, -0.1) is 5.10 Å². The lowest BCUT2D eigenvalue weighted by molar-refractivity contribution is -0.116. The Hall–Kier alpha value is -1.93. The summed E-state index contributed by atoms with van der Waals surface area (Å²) < 4.78 is 1.88. The number of nitrogens with one attached hydrogen (secondary N) is 2. The SMILES string of the molecule is O=C(CC1CSCCN1)Nc1cccc(-c2nnnn2C2CC2)c1. The summed E-state index contributed by atoms with van der Waals surface area (Å²) in [6, 6.07) is 8.41. The van der Waals surface area contributed by atoms with Crippen molar-refractivity contribution in [1.82, 2.24) is 25.5 Å². The molecule has 7 nitrogen and oxygen atoms in total. The van der Waals surface area contributed by atoms with Gasteiger partial charge in [-0.25, -0.2) is 4.68 Å². The van der Waals surface area contributed by atoms with E-state index < -0.39 is 0 Å². The number of hydrogen-bond acceptors (Lipinski definition) is 6. The molecule has 2 aromatic rings. The van der Waals surface area contributed by atoms with Gasteiger partial charge in [0.2, 0.25) is 5.91 Å². The number of carbonyl (C=O) groups excluding carboxylic acids is 1. The second-order valence-electron chi connectivity index (χ2n) is 6.24. The van der Waals surface area contributed by atoms with Crippen LogP contribution in [0.5, 0.6) is 0 Å². The van der Waals surface area contributed by atoms with Crippen LogP contribution in [0.2, 0.25) is 0 Å². The monoisotopic (exact) mass is 344 g/mol. The van der Waals surface area contributed by atoms with Crippen molar-refractivity contribution in [3.63, 3.8) is 0 Å². The van der Waals surface area contributed by atoms with Gasteiger partial charge in [0.25, 0.3) is 0 Å². The summed E-state index contributed by atoms with van der Waals surface area (Å²) in [6.07, 6.45) is 2.75. The Balaban J connectivity index is 1.44. The summed E-state index contributed by atoms with van der Waals surface area (Å²) in [5.74, 6) is 2.91. The standard InChI is InChI=1S/C16H20N6OS/c23-15(9-13-10-24-7-6-17-13)18-12-3-1-2-11(8-12)16-19-20-21-22(16)14-4-5-14/h1-3,8,13-14,17H,4-7,9-10H2,(H,18,23). The molecule has 1 aliphatic carbocycles. The van der Waals surface area contributed by atoms with Crippen molar-refractivity contribution in [3.05, 3.63) is 24.3 Å². The van der Waals surface area contributed by atoms with Crippen molar-refractivity contribution >= 4 is 23.4 Å². The molecule has 1 aromatic heterocycles. The van der Waals surface area contributed by atoms with E-state index in [1.54, 1.807) is 0 Å². The number of hydrogen-bond donors (Lipinski definition) is 2. The van der Waals surface area contributed by atoms with Crippen LogP contribution in [0.1, 0.15) is 25.3 Å². The molecule has 1 amide bonds. The average molecular weight is 344 g/mol. The van der Waals surface area contributed by atoms with Crippen LogP contribution in [0.25, 0.3) is 11.4 Å². The van der Waals surface area contributed by atoms with Crippen LogP contribution in [0.15, 0.2) is 24.3 Å². The highest BCUT2D eigenvalue weighted by molar-refractivity contribution is 7.99. The van der Waals surface area contributed by atoms with Gasteiger partial charge in [0, 0.05) is 41.8 Å². The first-order valence-corrected chi connectivity index (χ1v) is 9.44. The summed E-state index contributed by atoms with van der Waals surface area (Å²) in [6.45, 7) is 0.974. The van der Waals surface area contributed by atoms with Crippen LogP contribution in [0.4, 0.5) is 5.69 Å². The van der Waals surface area contributed by atoms with E-state index in [2.05, 4.69) is 26.2 Å². The zero-order chi connectivity index (χ0) is 16.4. The van der Waals surface area contributed by atoms with Crippen molar-refractivity contribution in [3.8, 4) is 11.4 Å². The number of rotatable bonds is 5. The maximum Gasteiger partial charge on any atom is 0.225 e. The molecule has 1 aromatic carbocycles. The highest BCUT2D eigenvalue weighted by atomic mass is 32.2. The fraction of sp³-hybridized carbons (Fsp3) is 0.500. The fourth-order valence-corrected chi connectivity index (χ4v) is 3.82. The van der Waals surface area contributed by atoms with Gasteiger partial charge < -0.3 is 10.6 Å². The van der Waals surface area contributed by atoms with Gasteiger partial charge in [-0.2, -0.15) is 11.8 Å². The first kappa shape index (κ1) is 15.6. The van der Waals surface area contributed by atoms with E-state index in [9.17, 15) is 4.79 Å². The molecule has 2 N–H and O–H groups in total. The first-order valence-electron chi connectivity index (χ1n) is 8.29. The number of amides is 1. The zero-order valence-corrected chi connectivity index (χ0v) is 14.1. The van der Waals surface area contributed by atoms with Crippen molar-refractivity contribution in [2.45, 2.75) is 31.3 Å². The van der Waals surface area contributed by atoms with Gasteiger partial charge in [0.15, 0.2) is 5.82 Å². The van der Waals surface area contributed by atoms with Crippen LogP contribution in [-0.2, 0) is 4.79 Å². The van der Waals surface area contributed by atoms with Crippen molar-refractivity contribution in [2.24, 2.45) is 0 Å². The fourth-order valence-electron chi connectivity index (χ4n) is 2.87. The van der Waals surface area contributed by atoms with Crippen LogP contribution in [0, 0.1) is 0 Å². The van der Waals surface area contributed by atoms with E-state index in [1.807, 2.05) is 40.7 Å². The highest BCUT2D eigenvalue weighted by Crippen LogP contribution is 2.36. The largest absolute Gasteiger partial charge is 0.326 e. The van der Waals surface area contributed by atoms with E-state index in [4.69, 9.17) is 0 Å². The number of carbonyl (C=O) groups is 1. The van der Waals surface area contributed by atoms with Crippen LogP contribution >= 0.6 is 11.8 Å². The molecular formula is C16H20N6OS. The number of aromatic nitrogens is 4. The van der Waals surface area contributed by atoms with E-state index in [-0.39, 0.29) is 11.9 Å². The predicted molar refractivity (Wildman–Crippen MR) is 93.9 cm³/mol. The van der Waals surface area contributed by atoms with Gasteiger partial charge >= 0.3 is 0 Å². The molecule has 2 fully saturated rings. The van der Waals surface area contributed by atoms with Crippen molar-refractivity contribution in [1.29, 1.82) is 0 Å². The van der Waals surface area contributed by atoms with Gasteiger partial charge in [-0.1, -0.05) is 12.1 Å². The zero-order valence-electron chi connectivity index (χ0n) is 13.3. The first-order chi connectivity index (χ1) is 11.8. The Labute approximate surface area is 144 Å². The molecule has 1 aliphatic heterocycles. The molecule has 2 aliphatic rings. The Kier molecular flexibility index (Phi) is 4.48. The molecular weight excluding hydrogens is 324 g/mol. The van der Waals surface area contributed by atoms with E-state index in [0.717, 1.165) is 48.0 Å². The number of benzene rings is 1. The molecule has 126 valence electrons. The number of tetrazole rings is 1. The molecule has 1 saturated heterocycles. The van der Waals surface area contributed by atoms with Crippen molar-refractivity contribution < 1.29 is 4.79 Å². The molecule has 0 radical (unpaired) electrons. The molecule has 8 heteroatoms. The molecule has 1 atom stereocenters. The maximum absolute atomic E-state index is 12.3. The second kappa shape index (κ2) is 6.90. The van der Waals surface area contributed by atoms with Crippen molar-refractivity contribution in [2.75, 3.05) is 23.4 Å². The van der Waals surface area contributed by atoms with Gasteiger partial charge in [0.1, 0.15) is 0 Å². The van der Waals surface area contributed by atoms with Crippen LogP contribution < -0.4 is 10.6 Å². The number of thioether (sulfide) groups is 1. The van der Waals surface area contributed by atoms with E-state index >= 15 is 0 Å². The molecule has 1 saturated carbocycles. The Bertz CT molecular complexity index is 723. The third-order valence-electron chi connectivity index (χ3n) is 4.22. The summed E-state index contributed by atoms with van der Waals surface area (Å²) in [5, 5.41) is 18.4. The second-order valence-corrected chi connectivity index (χ2v) is 7.39. The van der Waals surface area contributed by atoms with E-state index in [0.29, 0.717) is 12.5 Å². The summed E-state index contributed by atoms with van der Waals surface area (Å²) in [7, 11) is 0. The van der Waals surface area contributed by atoms with Gasteiger partial charge in [0.05, 0.1) is 6.04 Å². The molecule has 0 bridgehead atoms. The van der Waals surface area contributed by atoms with E-state index in [1.165, 1.54) is 0 Å². The van der Waals surface area contributed by atoms with Crippen LogP contribution in [0.3, 0.4) is 0 Å². The predicted octanol–water partition coefficient (Wildman–Crippen LogP) is 1.71. The van der Waals surface area contributed by atoms with Gasteiger partial charge in [-0.3, -0.25) is 4.79 Å². The minimum atomic E-state index is 0.0361. The lowest BCUT2D eigenvalue weighted by Gasteiger charge is -2.22. The normalized spacial score (nSPS) is 20.8. The lowest BCUT2D eigenvalue weighted by atomic mass is 10.1. The molecule has 1 unspecified atom stereocenters. The Morgan fingerprint density at radius 1 is 1.42 bits per heavy atom. The number of anilines is 1. The topological polar surface area (TPSA) is 84.7 Å². The lowest BCUT2D eigenvalue weighted by Crippen LogP contribution is -2.39. The Morgan fingerprint density at radius 2 is 2.33 bits per heavy atom. The average Bonchev–Trinajstić information content (AvgIpc) is 3.32.